The number of hydrogen-bond donors (Lipinski definition) is 1. The van der Waals surface area contributed by atoms with Crippen LogP contribution in [0, 0.1) is 6.92 Å². The second-order valence-corrected chi connectivity index (χ2v) is 4.32. The van der Waals surface area contributed by atoms with Gasteiger partial charge in [0.25, 0.3) is 0 Å². The molecular formula is C15H11NO2. The Morgan fingerprint density at radius 2 is 1.78 bits per heavy atom. The molecule has 18 heavy (non-hydrogen) atoms. The third-order valence-electron chi connectivity index (χ3n) is 3.06. The van der Waals surface area contributed by atoms with Gasteiger partial charge in [-0.05, 0) is 18.6 Å². The van der Waals surface area contributed by atoms with E-state index < -0.39 is 0 Å². The Morgan fingerprint density at radius 1 is 1.06 bits per heavy atom. The molecule has 0 bridgehead atoms. The van der Waals surface area contributed by atoms with E-state index in [9.17, 15) is 9.90 Å². The highest BCUT2D eigenvalue weighted by Gasteiger charge is 2.30. The summed E-state index contributed by atoms with van der Waals surface area (Å²) in [6.07, 6.45) is 1.69. The molecule has 3 nitrogen and oxygen atoms in total. The first-order chi connectivity index (χ1) is 8.68. The summed E-state index contributed by atoms with van der Waals surface area (Å²) in [7, 11) is 0. The third kappa shape index (κ3) is 1.44. The SMILES string of the molecule is Cc1ccc(C2=C(O)c3ccccc3C2=O)nc1. The minimum atomic E-state index is -0.167. The van der Waals surface area contributed by atoms with E-state index in [1.165, 1.54) is 0 Å². The summed E-state index contributed by atoms with van der Waals surface area (Å²) in [6, 6.07) is 10.7. The van der Waals surface area contributed by atoms with Crippen LogP contribution in [0.25, 0.3) is 11.3 Å². The topological polar surface area (TPSA) is 50.2 Å². The first-order valence-electron chi connectivity index (χ1n) is 5.69. The molecule has 3 heteroatoms. The van der Waals surface area contributed by atoms with Crippen molar-refractivity contribution in [3.8, 4) is 0 Å². The number of aromatic nitrogens is 1. The van der Waals surface area contributed by atoms with Gasteiger partial charge in [0.2, 0.25) is 0 Å². The highest BCUT2D eigenvalue weighted by atomic mass is 16.3. The summed E-state index contributed by atoms with van der Waals surface area (Å²) in [5, 5.41) is 10.2. The number of pyridine rings is 1. The molecule has 1 aromatic carbocycles. The molecule has 0 saturated carbocycles. The van der Waals surface area contributed by atoms with Crippen molar-refractivity contribution in [3.63, 3.8) is 0 Å². The number of rotatable bonds is 1. The molecule has 1 N–H and O–H groups in total. The van der Waals surface area contributed by atoms with E-state index in [1.54, 1.807) is 36.5 Å². The van der Waals surface area contributed by atoms with Gasteiger partial charge in [0.1, 0.15) is 5.76 Å². The number of hydrogen-bond acceptors (Lipinski definition) is 3. The molecule has 0 amide bonds. The highest BCUT2D eigenvalue weighted by molar-refractivity contribution is 6.38. The average molecular weight is 237 g/mol. The van der Waals surface area contributed by atoms with E-state index >= 15 is 0 Å². The number of fused-ring (bicyclic) bond motifs is 1. The average Bonchev–Trinajstić information content (AvgIpc) is 2.64. The number of carbonyl (C=O) groups is 1. The van der Waals surface area contributed by atoms with Gasteiger partial charge < -0.3 is 5.11 Å². The molecule has 3 rings (SSSR count). The van der Waals surface area contributed by atoms with E-state index in [4.69, 9.17) is 0 Å². The van der Waals surface area contributed by atoms with Crippen molar-refractivity contribution in [2.45, 2.75) is 6.92 Å². The molecule has 1 aliphatic rings. The van der Waals surface area contributed by atoms with Crippen molar-refractivity contribution in [2.24, 2.45) is 0 Å². The van der Waals surface area contributed by atoms with Gasteiger partial charge in [-0.3, -0.25) is 9.78 Å². The summed E-state index contributed by atoms with van der Waals surface area (Å²) in [4.78, 5) is 16.4. The van der Waals surface area contributed by atoms with Gasteiger partial charge >= 0.3 is 0 Å². The predicted octanol–water partition coefficient (Wildman–Crippen LogP) is 3.01. The number of nitrogens with zero attached hydrogens (tertiary/aromatic N) is 1. The standard InChI is InChI=1S/C15H11NO2/c1-9-6-7-12(16-8-9)13-14(17)10-4-2-3-5-11(10)15(13)18/h2-8,17H,1H3. The molecule has 0 radical (unpaired) electrons. The minimum Gasteiger partial charge on any atom is -0.506 e. The molecule has 0 spiro atoms. The molecule has 0 atom stereocenters. The highest BCUT2D eigenvalue weighted by Crippen LogP contribution is 2.35. The summed E-state index contributed by atoms with van der Waals surface area (Å²) in [6.45, 7) is 1.93. The number of Topliss-reactive ketones (excluding diaryl/α,β-unsaturated/α-hetero) is 1. The lowest BCUT2D eigenvalue weighted by Crippen LogP contribution is -2.00. The monoisotopic (exact) mass is 237 g/mol. The normalized spacial score (nSPS) is 13.9. The maximum absolute atomic E-state index is 12.2. The summed E-state index contributed by atoms with van der Waals surface area (Å²) in [5.41, 5.74) is 2.93. The third-order valence-corrected chi connectivity index (χ3v) is 3.06. The van der Waals surface area contributed by atoms with Crippen LogP contribution in [-0.2, 0) is 0 Å². The Bertz CT molecular complexity index is 669. The van der Waals surface area contributed by atoms with Crippen LogP contribution < -0.4 is 0 Å². The molecular weight excluding hydrogens is 226 g/mol. The largest absolute Gasteiger partial charge is 0.506 e. The van der Waals surface area contributed by atoms with Gasteiger partial charge in [-0.15, -0.1) is 0 Å². The van der Waals surface area contributed by atoms with E-state index in [0.29, 0.717) is 16.8 Å². The number of benzene rings is 1. The lowest BCUT2D eigenvalue weighted by molar-refractivity contribution is 0.105. The van der Waals surface area contributed by atoms with Gasteiger partial charge in [0.05, 0.1) is 11.3 Å². The zero-order valence-electron chi connectivity index (χ0n) is 9.84. The second-order valence-electron chi connectivity index (χ2n) is 4.32. The van der Waals surface area contributed by atoms with Crippen LogP contribution in [0.3, 0.4) is 0 Å². The summed E-state index contributed by atoms with van der Waals surface area (Å²) >= 11 is 0. The van der Waals surface area contributed by atoms with Gasteiger partial charge in [-0.2, -0.15) is 0 Å². The van der Waals surface area contributed by atoms with Crippen molar-refractivity contribution in [2.75, 3.05) is 0 Å². The van der Waals surface area contributed by atoms with Gasteiger partial charge in [0, 0.05) is 17.3 Å². The van der Waals surface area contributed by atoms with Crippen LogP contribution >= 0.6 is 0 Å². The van der Waals surface area contributed by atoms with Crippen molar-refractivity contribution in [1.82, 2.24) is 4.98 Å². The molecule has 0 fully saturated rings. The lowest BCUT2D eigenvalue weighted by atomic mass is 10.1. The summed E-state index contributed by atoms with van der Waals surface area (Å²) in [5.74, 6) is -0.147. The number of allylic oxidation sites excluding steroid dienone is 1. The Kier molecular flexibility index (Phi) is 2.27. The molecule has 88 valence electrons. The van der Waals surface area contributed by atoms with Gasteiger partial charge in [-0.25, -0.2) is 0 Å². The Labute approximate surface area is 104 Å². The van der Waals surface area contributed by atoms with Crippen LogP contribution in [0.4, 0.5) is 0 Å². The molecule has 1 aromatic heterocycles. The Balaban J connectivity index is 2.18. The first kappa shape index (κ1) is 10.7. The summed E-state index contributed by atoms with van der Waals surface area (Å²) < 4.78 is 0. The van der Waals surface area contributed by atoms with E-state index in [1.807, 2.05) is 13.0 Å². The molecule has 0 saturated heterocycles. The van der Waals surface area contributed by atoms with Gasteiger partial charge in [-0.1, -0.05) is 30.3 Å². The maximum Gasteiger partial charge on any atom is 0.199 e. The van der Waals surface area contributed by atoms with Crippen LogP contribution in [0.5, 0.6) is 0 Å². The van der Waals surface area contributed by atoms with E-state index in [-0.39, 0.29) is 17.1 Å². The molecule has 1 heterocycles. The zero-order chi connectivity index (χ0) is 12.7. The fourth-order valence-electron chi connectivity index (χ4n) is 2.12. The van der Waals surface area contributed by atoms with Crippen LogP contribution in [0.2, 0.25) is 0 Å². The van der Waals surface area contributed by atoms with Crippen LogP contribution in [0.15, 0.2) is 42.6 Å². The zero-order valence-corrected chi connectivity index (χ0v) is 9.84. The lowest BCUT2D eigenvalue weighted by Gasteiger charge is -2.01. The molecule has 2 aromatic rings. The Morgan fingerprint density at radius 3 is 2.39 bits per heavy atom. The molecule has 0 aliphatic heterocycles. The van der Waals surface area contributed by atoms with Crippen LogP contribution in [-0.4, -0.2) is 15.9 Å². The predicted molar refractivity (Wildman–Crippen MR) is 69.2 cm³/mol. The van der Waals surface area contributed by atoms with E-state index in [2.05, 4.69) is 4.98 Å². The number of carbonyl (C=O) groups excluding carboxylic acids is 1. The van der Waals surface area contributed by atoms with Crippen LogP contribution in [0.1, 0.15) is 27.2 Å². The van der Waals surface area contributed by atoms with Gasteiger partial charge in [0.15, 0.2) is 5.78 Å². The van der Waals surface area contributed by atoms with Crippen molar-refractivity contribution < 1.29 is 9.90 Å². The number of aryl methyl sites for hydroxylation is 1. The van der Waals surface area contributed by atoms with Crippen molar-refractivity contribution >= 4 is 17.1 Å². The number of aliphatic hydroxyl groups is 1. The van der Waals surface area contributed by atoms with Crippen molar-refractivity contribution in [1.29, 1.82) is 0 Å². The number of ketones is 1. The molecule has 1 aliphatic carbocycles. The Hall–Kier alpha value is -2.42. The molecule has 0 unspecified atom stereocenters. The minimum absolute atomic E-state index is 0.0203. The quantitative estimate of drug-likeness (QED) is 0.829. The fraction of sp³-hybridized carbons (Fsp3) is 0.0667. The van der Waals surface area contributed by atoms with Crippen molar-refractivity contribution in [3.05, 3.63) is 65.0 Å². The second kappa shape index (κ2) is 3.81. The number of aliphatic hydroxyl groups excluding tert-OH is 1. The van der Waals surface area contributed by atoms with E-state index in [0.717, 1.165) is 5.56 Å². The smallest absolute Gasteiger partial charge is 0.199 e. The fourth-order valence-corrected chi connectivity index (χ4v) is 2.12. The maximum atomic E-state index is 12.2. The first-order valence-corrected chi connectivity index (χ1v) is 5.69.